The summed E-state index contributed by atoms with van der Waals surface area (Å²) in [5, 5.41) is 4.34. The van der Waals surface area contributed by atoms with E-state index < -0.39 is 0 Å². The normalized spacial score (nSPS) is 10.7. The summed E-state index contributed by atoms with van der Waals surface area (Å²) in [5.74, 6) is -0.206. The molecule has 0 aliphatic heterocycles. The molecule has 1 aromatic heterocycles. The Hall–Kier alpha value is -2.46. The van der Waals surface area contributed by atoms with Crippen LogP contribution in [0.3, 0.4) is 0 Å². The number of carbonyl (C=O) groups excluding carboxylic acids is 1. The second kappa shape index (κ2) is 4.90. The van der Waals surface area contributed by atoms with E-state index in [9.17, 15) is 4.79 Å². The summed E-state index contributed by atoms with van der Waals surface area (Å²) >= 11 is 5.80. The molecule has 4 N–H and O–H groups in total. The Bertz CT molecular complexity index is 777. The Balaban J connectivity index is 1.86. The van der Waals surface area contributed by atoms with Crippen molar-refractivity contribution in [3.8, 4) is 0 Å². The predicted molar refractivity (Wildman–Crippen MR) is 82.1 cm³/mol. The first-order valence-corrected chi connectivity index (χ1v) is 6.45. The van der Waals surface area contributed by atoms with Crippen molar-refractivity contribution in [1.82, 2.24) is 4.98 Å². The Morgan fingerprint density at radius 3 is 2.60 bits per heavy atom. The molecule has 4 nitrogen and oxygen atoms in total. The fourth-order valence-corrected chi connectivity index (χ4v) is 2.13. The quantitative estimate of drug-likeness (QED) is 0.629. The molecule has 1 heterocycles. The maximum atomic E-state index is 12.1. The van der Waals surface area contributed by atoms with Crippen LogP contribution in [0.4, 0.5) is 11.4 Å². The van der Waals surface area contributed by atoms with E-state index in [4.69, 9.17) is 17.3 Å². The maximum absolute atomic E-state index is 12.1. The van der Waals surface area contributed by atoms with E-state index >= 15 is 0 Å². The van der Waals surface area contributed by atoms with Crippen LogP contribution in [0.15, 0.2) is 48.5 Å². The first-order valence-electron chi connectivity index (χ1n) is 6.07. The van der Waals surface area contributed by atoms with E-state index in [-0.39, 0.29) is 5.91 Å². The van der Waals surface area contributed by atoms with Crippen molar-refractivity contribution in [3.05, 3.63) is 59.2 Å². The third-order valence-corrected chi connectivity index (χ3v) is 3.24. The molecule has 0 aliphatic rings. The number of halogens is 1. The highest BCUT2D eigenvalue weighted by Gasteiger charge is 2.09. The average Bonchev–Trinajstić information content (AvgIpc) is 2.84. The molecule has 5 heteroatoms. The number of nitrogen functional groups attached to an aromatic ring is 1. The van der Waals surface area contributed by atoms with Gasteiger partial charge in [0.1, 0.15) is 5.69 Å². The van der Waals surface area contributed by atoms with Crippen LogP contribution in [-0.2, 0) is 0 Å². The summed E-state index contributed by atoms with van der Waals surface area (Å²) in [6.07, 6.45) is 0. The molecule has 0 fully saturated rings. The molecule has 2 aromatic carbocycles. The fraction of sp³-hybridized carbons (Fsp3) is 0. The highest BCUT2D eigenvalue weighted by molar-refractivity contribution is 6.30. The SMILES string of the molecule is Nc1ccc2[nH]c(C(=O)Nc3ccc(Cl)cc3)cc2c1. The largest absolute Gasteiger partial charge is 0.399 e. The minimum atomic E-state index is -0.206. The van der Waals surface area contributed by atoms with Crippen LogP contribution in [-0.4, -0.2) is 10.9 Å². The van der Waals surface area contributed by atoms with Gasteiger partial charge in [-0.2, -0.15) is 0 Å². The van der Waals surface area contributed by atoms with Crippen molar-refractivity contribution in [2.45, 2.75) is 0 Å². The van der Waals surface area contributed by atoms with Gasteiger partial charge in [-0.3, -0.25) is 4.79 Å². The summed E-state index contributed by atoms with van der Waals surface area (Å²) < 4.78 is 0. The Kier molecular flexibility index (Phi) is 3.08. The summed E-state index contributed by atoms with van der Waals surface area (Å²) in [5.41, 5.74) is 8.44. The number of fused-ring (bicyclic) bond motifs is 1. The molecule has 0 unspecified atom stereocenters. The summed E-state index contributed by atoms with van der Waals surface area (Å²) in [4.78, 5) is 15.2. The van der Waals surface area contributed by atoms with Crippen LogP contribution in [0, 0.1) is 0 Å². The van der Waals surface area contributed by atoms with Crippen LogP contribution >= 0.6 is 11.6 Å². The molecule has 0 atom stereocenters. The van der Waals surface area contributed by atoms with Gasteiger partial charge in [-0.25, -0.2) is 0 Å². The fourth-order valence-electron chi connectivity index (χ4n) is 2.01. The molecular weight excluding hydrogens is 274 g/mol. The van der Waals surface area contributed by atoms with E-state index in [1.54, 1.807) is 36.4 Å². The molecule has 0 spiro atoms. The minimum absolute atomic E-state index is 0.206. The van der Waals surface area contributed by atoms with Gasteiger partial charge >= 0.3 is 0 Å². The van der Waals surface area contributed by atoms with Gasteiger partial charge in [-0.05, 0) is 48.5 Å². The maximum Gasteiger partial charge on any atom is 0.272 e. The zero-order valence-electron chi connectivity index (χ0n) is 10.5. The Labute approximate surface area is 120 Å². The van der Waals surface area contributed by atoms with Crippen LogP contribution in [0.1, 0.15) is 10.5 Å². The van der Waals surface area contributed by atoms with Gasteiger partial charge in [0.25, 0.3) is 5.91 Å². The van der Waals surface area contributed by atoms with Crippen molar-refractivity contribution in [2.24, 2.45) is 0 Å². The first kappa shape index (κ1) is 12.6. The van der Waals surface area contributed by atoms with E-state index in [0.29, 0.717) is 22.1 Å². The first-order chi connectivity index (χ1) is 9.61. The number of anilines is 2. The van der Waals surface area contributed by atoms with Gasteiger partial charge in [-0.15, -0.1) is 0 Å². The number of carbonyl (C=O) groups is 1. The topological polar surface area (TPSA) is 70.9 Å². The summed E-state index contributed by atoms with van der Waals surface area (Å²) in [6, 6.07) is 14.2. The van der Waals surface area contributed by atoms with Gasteiger partial charge in [0.15, 0.2) is 0 Å². The van der Waals surface area contributed by atoms with Crippen LogP contribution in [0.2, 0.25) is 5.02 Å². The molecule has 3 rings (SSSR count). The van der Waals surface area contributed by atoms with E-state index in [2.05, 4.69) is 10.3 Å². The van der Waals surface area contributed by atoms with Gasteiger partial charge < -0.3 is 16.0 Å². The lowest BCUT2D eigenvalue weighted by atomic mass is 10.2. The molecule has 0 radical (unpaired) electrons. The van der Waals surface area contributed by atoms with E-state index in [1.807, 2.05) is 12.1 Å². The molecule has 0 bridgehead atoms. The molecule has 1 amide bonds. The number of aromatic amines is 1. The molecule has 3 aromatic rings. The van der Waals surface area contributed by atoms with Crippen LogP contribution in [0.25, 0.3) is 10.9 Å². The number of amides is 1. The standard InChI is InChI=1S/C15H12ClN3O/c16-10-1-4-12(5-2-10)18-15(20)14-8-9-7-11(17)3-6-13(9)19-14/h1-8,19H,17H2,(H,18,20). The van der Waals surface area contributed by atoms with Crippen molar-refractivity contribution in [1.29, 1.82) is 0 Å². The number of aromatic nitrogens is 1. The second-order valence-corrected chi connectivity index (χ2v) is 4.93. The van der Waals surface area contributed by atoms with Gasteiger partial charge in [0, 0.05) is 27.3 Å². The Morgan fingerprint density at radius 2 is 1.85 bits per heavy atom. The zero-order valence-corrected chi connectivity index (χ0v) is 11.2. The molecule has 0 saturated heterocycles. The number of hydrogen-bond donors (Lipinski definition) is 3. The van der Waals surface area contributed by atoms with E-state index in [0.717, 1.165) is 10.9 Å². The monoisotopic (exact) mass is 285 g/mol. The van der Waals surface area contributed by atoms with Crippen molar-refractivity contribution in [2.75, 3.05) is 11.1 Å². The predicted octanol–water partition coefficient (Wildman–Crippen LogP) is 3.66. The van der Waals surface area contributed by atoms with Gasteiger partial charge in [0.2, 0.25) is 0 Å². The zero-order chi connectivity index (χ0) is 14.1. The van der Waals surface area contributed by atoms with Crippen LogP contribution in [0.5, 0.6) is 0 Å². The third kappa shape index (κ3) is 2.46. The number of benzene rings is 2. The van der Waals surface area contributed by atoms with Crippen molar-refractivity contribution < 1.29 is 4.79 Å². The number of nitrogens with one attached hydrogen (secondary N) is 2. The smallest absolute Gasteiger partial charge is 0.272 e. The minimum Gasteiger partial charge on any atom is -0.399 e. The van der Waals surface area contributed by atoms with Crippen molar-refractivity contribution >= 4 is 39.8 Å². The number of nitrogens with two attached hydrogens (primary N) is 1. The van der Waals surface area contributed by atoms with Crippen molar-refractivity contribution in [3.63, 3.8) is 0 Å². The lowest BCUT2D eigenvalue weighted by molar-refractivity contribution is 0.102. The second-order valence-electron chi connectivity index (χ2n) is 4.49. The van der Waals surface area contributed by atoms with Gasteiger partial charge in [0.05, 0.1) is 0 Å². The summed E-state index contributed by atoms with van der Waals surface area (Å²) in [6.45, 7) is 0. The van der Waals surface area contributed by atoms with Crippen LogP contribution < -0.4 is 11.1 Å². The number of hydrogen-bond acceptors (Lipinski definition) is 2. The molecule has 0 saturated carbocycles. The molecule has 20 heavy (non-hydrogen) atoms. The molecule has 100 valence electrons. The van der Waals surface area contributed by atoms with E-state index in [1.165, 1.54) is 0 Å². The highest BCUT2D eigenvalue weighted by atomic mass is 35.5. The number of rotatable bonds is 2. The average molecular weight is 286 g/mol. The summed E-state index contributed by atoms with van der Waals surface area (Å²) in [7, 11) is 0. The molecular formula is C15H12ClN3O. The lowest BCUT2D eigenvalue weighted by Crippen LogP contribution is -2.11. The third-order valence-electron chi connectivity index (χ3n) is 2.99. The lowest BCUT2D eigenvalue weighted by Gasteiger charge is -2.03. The van der Waals surface area contributed by atoms with Gasteiger partial charge in [-0.1, -0.05) is 11.6 Å². The molecule has 0 aliphatic carbocycles. The Morgan fingerprint density at radius 1 is 1.10 bits per heavy atom. The highest BCUT2D eigenvalue weighted by Crippen LogP contribution is 2.19. The number of H-pyrrole nitrogens is 1.